The first kappa shape index (κ1) is 17.2. The van der Waals surface area contributed by atoms with Crippen LogP contribution in [0.25, 0.3) is 0 Å². The van der Waals surface area contributed by atoms with Gasteiger partial charge in [0, 0.05) is 23.5 Å². The number of pyridine rings is 1. The van der Waals surface area contributed by atoms with Gasteiger partial charge >= 0.3 is 0 Å². The number of anilines is 3. The number of nitrogens with one attached hydrogen (secondary N) is 3. The van der Waals surface area contributed by atoms with Crippen LogP contribution in [0.5, 0.6) is 0 Å². The summed E-state index contributed by atoms with van der Waals surface area (Å²) in [7, 11) is 0. The van der Waals surface area contributed by atoms with Crippen LogP contribution < -0.4 is 21.9 Å². The summed E-state index contributed by atoms with van der Waals surface area (Å²) in [6, 6.07) is 3.28. The van der Waals surface area contributed by atoms with Crippen LogP contribution >= 0.6 is 0 Å². The van der Waals surface area contributed by atoms with E-state index in [0.717, 1.165) is 17.8 Å². The van der Waals surface area contributed by atoms with Gasteiger partial charge in [0.25, 0.3) is 5.91 Å². The molecule has 5 N–H and O–H groups in total. The van der Waals surface area contributed by atoms with Crippen LogP contribution in [0.15, 0.2) is 30.9 Å². The summed E-state index contributed by atoms with van der Waals surface area (Å²) in [4.78, 5) is 24.7. The Morgan fingerprint density at radius 2 is 1.61 bits per heavy atom. The summed E-state index contributed by atoms with van der Waals surface area (Å²) in [5, 5.41) is 3.68. The first-order valence-electron chi connectivity index (χ1n) is 9.95. The quantitative estimate of drug-likeness (QED) is 0.590. The van der Waals surface area contributed by atoms with Crippen LogP contribution in [-0.4, -0.2) is 26.4 Å². The molecule has 0 aromatic carbocycles. The predicted octanol–water partition coefficient (Wildman–Crippen LogP) is 2.59. The van der Waals surface area contributed by atoms with Crippen molar-refractivity contribution < 1.29 is 4.79 Å². The maximum Gasteiger partial charge on any atom is 0.269 e. The molecule has 8 nitrogen and oxygen atoms in total. The summed E-state index contributed by atoms with van der Waals surface area (Å²) >= 11 is 0. The molecule has 4 aliphatic carbocycles. The fraction of sp³-hybridized carbons (Fsp3) is 0.500. The van der Waals surface area contributed by atoms with Gasteiger partial charge in [-0.05, 0) is 68.4 Å². The third-order valence-corrected chi connectivity index (χ3v) is 6.54. The van der Waals surface area contributed by atoms with Crippen molar-refractivity contribution in [3.63, 3.8) is 0 Å². The molecule has 2 heterocycles. The Hall–Kier alpha value is -2.90. The van der Waals surface area contributed by atoms with Crippen molar-refractivity contribution in [2.75, 3.05) is 16.5 Å². The highest BCUT2D eigenvalue weighted by molar-refractivity contribution is 5.95. The molecule has 2 aromatic heterocycles. The highest BCUT2D eigenvalue weighted by Gasteiger charge is 2.51. The Labute approximate surface area is 163 Å². The second-order valence-electron chi connectivity index (χ2n) is 8.62. The number of nitrogen functional groups attached to an aromatic ring is 1. The van der Waals surface area contributed by atoms with E-state index in [1.165, 1.54) is 44.9 Å². The minimum absolute atomic E-state index is 0.106. The molecule has 0 atom stereocenters. The number of hydrogen-bond donors (Lipinski definition) is 4. The van der Waals surface area contributed by atoms with Crippen LogP contribution in [0, 0.1) is 17.8 Å². The fourth-order valence-corrected chi connectivity index (χ4v) is 5.80. The third-order valence-electron chi connectivity index (χ3n) is 6.54. The summed E-state index contributed by atoms with van der Waals surface area (Å²) < 4.78 is 0. The zero-order chi connectivity index (χ0) is 19.1. The molecule has 8 heteroatoms. The number of rotatable bonds is 5. The van der Waals surface area contributed by atoms with Gasteiger partial charge in [-0.2, -0.15) is 0 Å². The van der Waals surface area contributed by atoms with E-state index < -0.39 is 0 Å². The lowest BCUT2D eigenvalue weighted by molar-refractivity contribution is 0.0106. The van der Waals surface area contributed by atoms with Crippen LogP contribution in [0.3, 0.4) is 0 Å². The van der Waals surface area contributed by atoms with Crippen LogP contribution in [0.4, 0.5) is 17.3 Å². The third kappa shape index (κ3) is 3.12. The van der Waals surface area contributed by atoms with Crippen LogP contribution in [0.2, 0.25) is 0 Å². The number of hydrogen-bond acceptors (Lipinski definition) is 7. The molecule has 4 fully saturated rings. The van der Waals surface area contributed by atoms with Gasteiger partial charge in [-0.25, -0.2) is 9.97 Å². The first-order chi connectivity index (χ1) is 13.6. The molecule has 4 aliphatic rings. The Morgan fingerprint density at radius 1 is 1.00 bits per heavy atom. The van der Waals surface area contributed by atoms with Gasteiger partial charge in [-0.1, -0.05) is 0 Å². The molecule has 2 aromatic rings. The molecule has 0 unspecified atom stereocenters. The van der Waals surface area contributed by atoms with Gasteiger partial charge < -0.3 is 11.1 Å². The summed E-state index contributed by atoms with van der Waals surface area (Å²) in [6.07, 6.45) is 12.4. The second kappa shape index (κ2) is 6.61. The summed E-state index contributed by atoms with van der Waals surface area (Å²) in [5.41, 5.74) is 12.8. The Bertz CT molecular complexity index is 850. The Kier molecular flexibility index (Phi) is 4.07. The van der Waals surface area contributed by atoms with Gasteiger partial charge in [0.1, 0.15) is 12.0 Å². The Balaban J connectivity index is 1.30. The van der Waals surface area contributed by atoms with Crippen molar-refractivity contribution in [3.05, 3.63) is 36.4 Å². The van der Waals surface area contributed by atoms with E-state index in [1.807, 2.05) is 0 Å². The average molecular weight is 379 g/mol. The molecule has 1 amide bonds. The SMILES string of the molecule is Nc1c(NNC(=O)c2ccncc2)ncnc1NC12CC3CC(CC(C3)C1)C2. The molecule has 4 bridgehead atoms. The van der Waals surface area contributed by atoms with Crippen molar-refractivity contribution in [1.29, 1.82) is 0 Å². The van der Waals surface area contributed by atoms with Gasteiger partial charge in [0.15, 0.2) is 11.6 Å². The molecule has 6 rings (SSSR count). The molecule has 0 saturated heterocycles. The van der Waals surface area contributed by atoms with E-state index in [4.69, 9.17) is 5.73 Å². The zero-order valence-electron chi connectivity index (χ0n) is 15.7. The van der Waals surface area contributed by atoms with Crippen LogP contribution in [-0.2, 0) is 0 Å². The van der Waals surface area contributed by atoms with Gasteiger partial charge in [0.2, 0.25) is 0 Å². The average Bonchev–Trinajstić information content (AvgIpc) is 2.68. The van der Waals surface area contributed by atoms with E-state index >= 15 is 0 Å². The minimum atomic E-state index is -0.281. The number of amides is 1. The number of hydrazine groups is 1. The predicted molar refractivity (Wildman–Crippen MR) is 106 cm³/mol. The lowest BCUT2D eigenvalue weighted by Crippen LogP contribution is -2.55. The monoisotopic (exact) mass is 379 g/mol. The van der Waals surface area contributed by atoms with Gasteiger partial charge in [-0.15, -0.1) is 0 Å². The van der Waals surface area contributed by atoms with Crippen molar-refractivity contribution in [2.45, 2.75) is 44.1 Å². The molecule has 0 radical (unpaired) electrons. The highest BCUT2D eigenvalue weighted by Crippen LogP contribution is 2.56. The van der Waals surface area contributed by atoms with E-state index in [9.17, 15) is 4.79 Å². The fourth-order valence-electron chi connectivity index (χ4n) is 5.80. The number of nitrogens with two attached hydrogens (primary N) is 1. The normalized spacial score (nSPS) is 30.1. The summed E-state index contributed by atoms with van der Waals surface area (Å²) in [5.74, 6) is 3.26. The number of carbonyl (C=O) groups excluding carboxylic acids is 1. The topological polar surface area (TPSA) is 118 Å². The van der Waals surface area contributed by atoms with E-state index in [2.05, 4.69) is 31.1 Å². The van der Waals surface area contributed by atoms with E-state index in [0.29, 0.717) is 22.9 Å². The van der Waals surface area contributed by atoms with Gasteiger partial charge in [0.05, 0.1) is 0 Å². The molecule has 146 valence electrons. The van der Waals surface area contributed by atoms with Crippen molar-refractivity contribution >= 4 is 23.2 Å². The van der Waals surface area contributed by atoms with E-state index in [1.54, 1.807) is 24.5 Å². The Morgan fingerprint density at radius 3 is 2.25 bits per heavy atom. The molecule has 0 aliphatic heterocycles. The number of aromatic nitrogens is 3. The van der Waals surface area contributed by atoms with E-state index in [-0.39, 0.29) is 11.4 Å². The smallest absolute Gasteiger partial charge is 0.269 e. The maximum absolute atomic E-state index is 12.2. The second-order valence-corrected chi connectivity index (χ2v) is 8.62. The first-order valence-corrected chi connectivity index (χ1v) is 9.95. The van der Waals surface area contributed by atoms with Gasteiger partial charge in [-0.3, -0.25) is 20.6 Å². The van der Waals surface area contributed by atoms with Crippen molar-refractivity contribution in [1.82, 2.24) is 20.4 Å². The lowest BCUT2D eigenvalue weighted by atomic mass is 9.53. The number of carbonyl (C=O) groups is 1. The summed E-state index contributed by atoms with van der Waals surface area (Å²) in [6.45, 7) is 0. The standard InChI is InChI=1S/C20H25N7O/c21-16-17(25-20-8-12-5-13(9-20)7-14(6-12)10-20)23-11-24-18(16)26-27-19(28)15-1-3-22-4-2-15/h1-4,11-14H,5-10,21H2,(H,27,28)(H2,23,24,25,26). The van der Waals surface area contributed by atoms with Crippen LogP contribution in [0.1, 0.15) is 48.9 Å². The zero-order valence-corrected chi connectivity index (χ0v) is 15.7. The minimum Gasteiger partial charge on any atom is -0.393 e. The molecular formula is C20H25N7O. The largest absolute Gasteiger partial charge is 0.393 e. The molecule has 4 saturated carbocycles. The molecule has 0 spiro atoms. The lowest BCUT2D eigenvalue weighted by Gasteiger charge is -2.57. The number of nitrogens with zero attached hydrogens (tertiary/aromatic N) is 3. The molecular weight excluding hydrogens is 354 g/mol. The maximum atomic E-state index is 12.2. The van der Waals surface area contributed by atoms with Crippen molar-refractivity contribution in [2.24, 2.45) is 17.8 Å². The highest BCUT2D eigenvalue weighted by atomic mass is 16.2. The van der Waals surface area contributed by atoms with Crippen molar-refractivity contribution in [3.8, 4) is 0 Å². The molecule has 28 heavy (non-hydrogen) atoms.